The summed E-state index contributed by atoms with van der Waals surface area (Å²) < 4.78 is 43.8. The van der Waals surface area contributed by atoms with Gasteiger partial charge in [0.1, 0.15) is 11.6 Å². The number of nitrogens with zero attached hydrogens (tertiary/aromatic N) is 3. The van der Waals surface area contributed by atoms with Crippen LogP contribution in [0.4, 0.5) is 13.2 Å². The van der Waals surface area contributed by atoms with Crippen LogP contribution in [0.15, 0.2) is 42.9 Å². The van der Waals surface area contributed by atoms with Gasteiger partial charge in [0.15, 0.2) is 0 Å². The molecule has 0 unspecified atom stereocenters. The number of imidazole rings is 2. The molecule has 3 aromatic rings. The van der Waals surface area contributed by atoms with Gasteiger partial charge in [-0.15, -0.1) is 0 Å². The molecular weight excluding hydrogens is 359 g/mol. The third kappa shape index (κ3) is 3.88. The Hall–Kier alpha value is -2.65. The lowest BCUT2D eigenvalue weighted by molar-refractivity contribution is -0.137. The van der Waals surface area contributed by atoms with Gasteiger partial charge in [0.05, 0.1) is 43.3 Å². The van der Waals surface area contributed by atoms with Gasteiger partial charge in [-0.05, 0) is 17.7 Å². The Morgan fingerprint density at radius 3 is 2.70 bits per heavy atom. The molecule has 27 heavy (non-hydrogen) atoms. The van der Waals surface area contributed by atoms with Gasteiger partial charge in [0.2, 0.25) is 0 Å². The summed E-state index contributed by atoms with van der Waals surface area (Å²) in [6, 6.07) is 4.95. The number of H-pyrrole nitrogens is 2. The van der Waals surface area contributed by atoms with Crippen molar-refractivity contribution in [3.63, 3.8) is 0 Å². The number of aromatic amines is 2. The first-order valence-electron chi connectivity index (χ1n) is 8.53. The predicted molar refractivity (Wildman–Crippen MR) is 91.6 cm³/mol. The molecule has 1 atom stereocenters. The number of hydrogen-bond donors (Lipinski definition) is 2. The van der Waals surface area contributed by atoms with Gasteiger partial charge in [-0.2, -0.15) is 13.2 Å². The minimum Gasteiger partial charge on any atom is -0.378 e. The van der Waals surface area contributed by atoms with Crippen LogP contribution in [-0.4, -0.2) is 44.6 Å². The first-order valence-corrected chi connectivity index (χ1v) is 8.53. The van der Waals surface area contributed by atoms with Crippen molar-refractivity contribution in [2.45, 2.75) is 18.8 Å². The molecule has 1 fully saturated rings. The molecule has 0 saturated carbocycles. The highest BCUT2D eigenvalue weighted by Crippen LogP contribution is 2.31. The Morgan fingerprint density at radius 2 is 2.00 bits per heavy atom. The van der Waals surface area contributed by atoms with Crippen molar-refractivity contribution in [2.75, 3.05) is 19.8 Å². The topological polar surface area (TPSA) is 69.8 Å². The second-order valence-electron chi connectivity index (χ2n) is 6.35. The number of alkyl halides is 3. The van der Waals surface area contributed by atoms with E-state index >= 15 is 0 Å². The zero-order valence-electron chi connectivity index (χ0n) is 14.3. The smallest absolute Gasteiger partial charge is 0.378 e. The summed E-state index contributed by atoms with van der Waals surface area (Å²) in [5.74, 6) is 1.58. The number of nitrogens with one attached hydrogen (secondary N) is 2. The quantitative estimate of drug-likeness (QED) is 0.731. The fourth-order valence-corrected chi connectivity index (χ4v) is 3.15. The molecule has 1 aliphatic rings. The van der Waals surface area contributed by atoms with Crippen molar-refractivity contribution in [1.82, 2.24) is 24.8 Å². The lowest BCUT2D eigenvalue weighted by Gasteiger charge is -2.33. The van der Waals surface area contributed by atoms with Crippen LogP contribution in [0.2, 0.25) is 0 Å². The molecule has 1 aliphatic heterocycles. The maximum Gasteiger partial charge on any atom is 0.416 e. The zero-order valence-corrected chi connectivity index (χ0v) is 14.3. The minimum absolute atomic E-state index is 0.0768. The number of morpholine rings is 1. The Kier molecular flexibility index (Phi) is 4.71. The predicted octanol–water partition coefficient (Wildman–Crippen LogP) is 3.39. The molecular formula is C18H18F3N5O. The van der Waals surface area contributed by atoms with E-state index in [1.807, 2.05) is 0 Å². The molecule has 0 aliphatic carbocycles. The monoisotopic (exact) mass is 377 g/mol. The van der Waals surface area contributed by atoms with E-state index in [0.717, 1.165) is 30.3 Å². The number of rotatable bonds is 4. The lowest BCUT2D eigenvalue weighted by atomic mass is 10.1. The van der Waals surface area contributed by atoms with E-state index in [0.29, 0.717) is 31.0 Å². The molecule has 0 bridgehead atoms. The zero-order chi connectivity index (χ0) is 18.9. The first-order chi connectivity index (χ1) is 13.0. The Balaban J connectivity index is 1.53. The van der Waals surface area contributed by atoms with Crippen molar-refractivity contribution in [2.24, 2.45) is 0 Å². The first kappa shape index (κ1) is 17.7. The molecule has 3 heterocycles. The van der Waals surface area contributed by atoms with E-state index in [-0.39, 0.29) is 6.04 Å². The summed E-state index contributed by atoms with van der Waals surface area (Å²) >= 11 is 0. The largest absolute Gasteiger partial charge is 0.416 e. The maximum atomic E-state index is 12.7. The van der Waals surface area contributed by atoms with Crippen LogP contribution >= 0.6 is 0 Å². The van der Waals surface area contributed by atoms with E-state index in [4.69, 9.17) is 4.74 Å². The molecule has 0 amide bonds. The Labute approximate surface area is 153 Å². The highest BCUT2D eigenvalue weighted by atomic mass is 19.4. The van der Waals surface area contributed by atoms with Crippen LogP contribution in [0.25, 0.3) is 11.3 Å². The highest BCUT2D eigenvalue weighted by molar-refractivity contribution is 5.59. The molecule has 9 heteroatoms. The average molecular weight is 377 g/mol. The molecule has 1 saturated heterocycles. The van der Waals surface area contributed by atoms with Gasteiger partial charge in [-0.25, -0.2) is 9.97 Å². The summed E-state index contributed by atoms with van der Waals surface area (Å²) in [6.45, 7) is 2.49. The summed E-state index contributed by atoms with van der Waals surface area (Å²) in [5, 5.41) is 0. The summed E-state index contributed by atoms with van der Waals surface area (Å²) in [7, 11) is 0. The molecule has 2 N–H and O–H groups in total. The fourth-order valence-electron chi connectivity index (χ4n) is 3.15. The number of benzene rings is 1. The van der Waals surface area contributed by atoms with E-state index in [1.54, 1.807) is 18.6 Å². The maximum absolute atomic E-state index is 12.7. The number of hydrogen-bond acceptors (Lipinski definition) is 4. The van der Waals surface area contributed by atoms with Crippen molar-refractivity contribution < 1.29 is 17.9 Å². The average Bonchev–Trinajstić information content (AvgIpc) is 3.34. The standard InChI is InChI=1S/C18H18F3N5O/c19-18(20,21)13-3-1-12(2-4-13)14-9-24-17(25-14)15-11-27-8-7-26(15)10-16-22-5-6-23-16/h1-6,9,15H,7-8,10-11H2,(H,22,23)(H,24,25)/t15-/m0/s1. The minimum atomic E-state index is -4.34. The molecule has 0 radical (unpaired) electrons. The van der Waals surface area contributed by atoms with Crippen LogP contribution in [0.3, 0.4) is 0 Å². The van der Waals surface area contributed by atoms with Crippen LogP contribution < -0.4 is 0 Å². The van der Waals surface area contributed by atoms with E-state index in [1.165, 1.54) is 12.1 Å². The molecule has 2 aromatic heterocycles. The second-order valence-corrected chi connectivity index (χ2v) is 6.35. The van der Waals surface area contributed by atoms with Crippen LogP contribution in [0, 0.1) is 0 Å². The van der Waals surface area contributed by atoms with Gasteiger partial charge in [-0.3, -0.25) is 4.90 Å². The van der Waals surface area contributed by atoms with Crippen LogP contribution in [0.5, 0.6) is 0 Å². The van der Waals surface area contributed by atoms with Crippen molar-refractivity contribution in [1.29, 1.82) is 0 Å². The number of ether oxygens (including phenoxy) is 1. The van der Waals surface area contributed by atoms with Gasteiger partial charge >= 0.3 is 6.18 Å². The SMILES string of the molecule is FC(F)(F)c1ccc(-c2cnc([C@@H]3COCCN3Cc3ncc[nH]3)[nH]2)cc1. The normalized spacial score (nSPS) is 18.7. The molecule has 4 rings (SSSR count). The van der Waals surface area contributed by atoms with E-state index in [2.05, 4.69) is 24.8 Å². The molecule has 0 spiro atoms. The van der Waals surface area contributed by atoms with Gasteiger partial charge < -0.3 is 14.7 Å². The van der Waals surface area contributed by atoms with Crippen molar-refractivity contribution >= 4 is 0 Å². The molecule has 6 nitrogen and oxygen atoms in total. The molecule has 142 valence electrons. The van der Waals surface area contributed by atoms with Gasteiger partial charge in [0.25, 0.3) is 0 Å². The molecule has 1 aromatic carbocycles. The summed E-state index contributed by atoms with van der Waals surface area (Å²) in [5.41, 5.74) is 0.648. The third-order valence-corrected chi connectivity index (χ3v) is 4.58. The lowest BCUT2D eigenvalue weighted by Crippen LogP contribution is -2.39. The second kappa shape index (κ2) is 7.16. The summed E-state index contributed by atoms with van der Waals surface area (Å²) in [4.78, 5) is 17.2. The van der Waals surface area contributed by atoms with Crippen LogP contribution in [-0.2, 0) is 17.5 Å². The summed E-state index contributed by atoms with van der Waals surface area (Å²) in [6.07, 6.45) is 0.780. The van der Waals surface area contributed by atoms with E-state index < -0.39 is 11.7 Å². The number of halogens is 3. The fraction of sp³-hybridized carbons (Fsp3) is 0.333. The van der Waals surface area contributed by atoms with Crippen molar-refractivity contribution in [3.05, 3.63) is 60.1 Å². The van der Waals surface area contributed by atoms with E-state index in [9.17, 15) is 13.2 Å². The highest BCUT2D eigenvalue weighted by Gasteiger charge is 2.30. The third-order valence-electron chi connectivity index (χ3n) is 4.58. The Bertz CT molecular complexity index is 873. The number of aromatic nitrogens is 4. The van der Waals surface area contributed by atoms with Crippen molar-refractivity contribution in [3.8, 4) is 11.3 Å². The Morgan fingerprint density at radius 1 is 1.19 bits per heavy atom. The van der Waals surface area contributed by atoms with Gasteiger partial charge in [-0.1, -0.05) is 12.1 Å². The van der Waals surface area contributed by atoms with Crippen LogP contribution in [0.1, 0.15) is 23.3 Å². The van der Waals surface area contributed by atoms with Gasteiger partial charge in [0, 0.05) is 18.9 Å².